The van der Waals surface area contributed by atoms with Gasteiger partial charge >= 0.3 is 6.03 Å². The minimum Gasteiger partial charge on any atom is -0.268 e. The van der Waals surface area contributed by atoms with Crippen molar-refractivity contribution in [1.82, 2.24) is 15.9 Å². The summed E-state index contributed by atoms with van der Waals surface area (Å²) in [5.74, 6) is 0. The zero-order chi connectivity index (χ0) is 10.4. The lowest BCUT2D eigenvalue weighted by molar-refractivity contribution is 0.103. The maximum atomic E-state index is 11.1. The molecule has 0 aliphatic carbocycles. The number of hydrogen-bond donors (Lipinski definition) is 2. The van der Waals surface area contributed by atoms with Gasteiger partial charge in [-0.15, -0.1) is 0 Å². The summed E-state index contributed by atoms with van der Waals surface area (Å²) in [6.07, 6.45) is 0. The largest absolute Gasteiger partial charge is 0.353 e. The highest BCUT2D eigenvalue weighted by atomic mass is 127. The summed E-state index contributed by atoms with van der Waals surface area (Å²) in [5.41, 5.74) is 4.85. The van der Waals surface area contributed by atoms with Gasteiger partial charge in [0.25, 0.3) is 0 Å². The quantitative estimate of drug-likeness (QED) is 0.612. The van der Waals surface area contributed by atoms with Crippen LogP contribution in [0.25, 0.3) is 0 Å². The molecule has 0 spiro atoms. The Hall–Kier alpha value is -0.0800. The Balaban J connectivity index is 4.02. The van der Waals surface area contributed by atoms with E-state index in [0.717, 1.165) is 0 Å². The van der Waals surface area contributed by atoms with Crippen LogP contribution in [0.2, 0.25) is 0 Å². The van der Waals surface area contributed by atoms with Gasteiger partial charge in [-0.05, 0) is 27.7 Å². The highest BCUT2D eigenvalue weighted by Gasteiger charge is 2.15. The number of nitrogens with zero attached hydrogens (tertiary/aromatic N) is 1. The molecular formula is C7H16IN3O2. The van der Waals surface area contributed by atoms with Crippen molar-refractivity contribution in [1.29, 1.82) is 0 Å². The number of hydrazine groups is 1. The number of carbonyl (C=O) groups is 1. The van der Waals surface area contributed by atoms with E-state index in [1.807, 2.05) is 32.7 Å². The Kier molecular flexibility index (Phi) is 6.35. The summed E-state index contributed by atoms with van der Waals surface area (Å²) in [4.78, 5) is 11.1. The number of nitrogens with one attached hydrogen (secondary N) is 2. The third kappa shape index (κ3) is 5.27. The third-order valence-electron chi connectivity index (χ3n) is 1.47. The Labute approximate surface area is 92.8 Å². The molecule has 78 valence electrons. The van der Waals surface area contributed by atoms with Gasteiger partial charge in [0.05, 0.1) is 0 Å². The van der Waals surface area contributed by atoms with E-state index in [4.69, 9.17) is 0 Å². The monoisotopic (exact) mass is 301 g/mol. The van der Waals surface area contributed by atoms with Gasteiger partial charge in [0.1, 0.15) is 23.0 Å². The predicted molar refractivity (Wildman–Crippen MR) is 58.9 cm³/mol. The van der Waals surface area contributed by atoms with Crippen LogP contribution in [0, 0.1) is 0 Å². The molecule has 0 aromatic heterocycles. The molecule has 0 rings (SSSR count). The standard InChI is InChI=1S/C7H16IN3O2/c1-5(2)11(6(3)4)9-7(12)10-13-8/h5-6H,1-4H3,(H2,9,10,12). The summed E-state index contributed by atoms with van der Waals surface area (Å²) in [6.45, 7) is 8.02. The number of urea groups is 1. The Morgan fingerprint density at radius 1 is 1.31 bits per heavy atom. The molecule has 0 saturated carbocycles. The number of hydrogen-bond acceptors (Lipinski definition) is 3. The first-order valence-corrected chi connectivity index (χ1v) is 4.99. The molecule has 0 saturated heterocycles. The number of halogens is 1. The number of carbonyl (C=O) groups excluding carboxylic acids is 1. The summed E-state index contributed by atoms with van der Waals surface area (Å²) < 4.78 is 4.45. The average Bonchev–Trinajstić information content (AvgIpc) is 1.99. The maximum absolute atomic E-state index is 11.1. The third-order valence-corrected chi connectivity index (χ3v) is 1.69. The molecule has 0 aliphatic heterocycles. The normalized spacial score (nSPS) is 11.1. The number of rotatable bonds is 4. The molecular weight excluding hydrogens is 285 g/mol. The van der Waals surface area contributed by atoms with E-state index in [9.17, 15) is 4.79 Å². The molecule has 0 heterocycles. The summed E-state index contributed by atoms with van der Waals surface area (Å²) >= 11 is 1.59. The summed E-state index contributed by atoms with van der Waals surface area (Å²) in [6, 6.07) is 0.136. The van der Waals surface area contributed by atoms with Crippen molar-refractivity contribution in [3.05, 3.63) is 0 Å². The van der Waals surface area contributed by atoms with Crippen LogP contribution in [-0.2, 0) is 3.17 Å². The molecule has 0 aliphatic rings. The van der Waals surface area contributed by atoms with Crippen LogP contribution in [0.5, 0.6) is 0 Å². The fraction of sp³-hybridized carbons (Fsp3) is 0.857. The van der Waals surface area contributed by atoms with Gasteiger partial charge in [0.15, 0.2) is 0 Å². The second-order valence-corrected chi connectivity index (χ2v) is 3.66. The minimum absolute atomic E-state index is 0.250. The molecule has 5 nitrogen and oxygen atoms in total. The Morgan fingerprint density at radius 2 is 1.77 bits per heavy atom. The van der Waals surface area contributed by atoms with E-state index >= 15 is 0 Å². The molecule has 0 bridgehead atoms. The van der Waals surface area contributed by atoms with E-state index in [0.29, 0.717) is 0 Å². The zero-order valence-corrected chi connectivity index (χ0v) is 10.5. The Bertz CT molecular complexity index is 156. The second-order valence-electron chi connectivity index (χ2n) is 3.21. The molecule has 0 aromatic rings. The number of amides is 2. The molecule has 0 unspecified atom stereocenters. The average molecular weight is 301 g/mol. The van der Waals surface area contributed by atoms with Gasteiger partial charge in [0, 0.05) is 12.1 Å². The number of hydroxylamine groups is 1. The van der Waals surface area contributed by atoms with Crippen molar-refractivity contribution in [2.45, 2.75) is 39.8 Å². The minimum atomic E-state index is -0.364. The highest BCUT2D eigenvalue weighted by molar-refractivity contribution is 14.1. The first-order valence-electron chi connectivity index (χ1n) is 4.11. The van der Waals surface area contributed by atoms with E-state index in [1.54, 1.807) is 23.0 Å². The lowest BCUT2D eigenvalue weighted by Gasteiger charge is -2.30. The fourth-order valence-electron chi connectivity index (χ4n) is 1.03. The SMILES string of the molecule is CC(C)N(NC(=O)NOI)C(C)C. The molecule has 2 N–H and O–H groups in total. The van der Waals surface area contributed by atoms with Crippen molar-refractivity contribution >= 4 is 29.0 Å². The lowest BCUT2D eigenvalue weighted by Crippen LogP contribution is -2.52. The van der Waals surface area contributed by atoms with Crippen LogP contribution in [0.4, 0.5) is 4.79 Å². The van der Waals surface area contributed by atoms with Gasteiger partial charge < -0.3 is 0 Å². The summed E-state index contributed by atoms with van der Waals surface area (Å²) in [7, 11) is 0. The zero-order valence-electron chi connectivity index (χ0n) is 8.30. The van der Waals surface area contributed by atoms with Gasteiger partial charge in [-0.2, -0.15) is 0 Å². The molecule has 0 atom stereocenters. The van der Waals surface area contributed by atoms with Crippen LogP contribution < -0.4 is 10.9 Å². The van der Waals surface area contributed by atoms with Crippen molar-refractivity contribution < 1.29 is 7.96 Å². The molecule has 2 amide bonds. The molecule has 0 radical (unpaired) electrons. The van der Waals surface area contributed by atoms with Crippen LogP contribution >= 0.6 is 23.0 Å². The molecule has 13 heavy (non-hydrogen) atoms. The second kappa shape index (κ2) is 6.39. The van der Waals surface area contributed by atoms with Gasteiger partial charge in [0.2, 0.25) is 0 Å². The van der Waals surface area contributed by atoms with Crippen LogP contribution in [-0.4, -0.2) is 23.1 Å². The highest BCUT2D eigenvalue weighted by Crippen LogP contribution is 2.00. The molecule has 0 aromatic carbocycles. The fourth-order valence-corrected chi connectivity index (χ4v) is 1.23. The van der Waals surface area contributed by atoms with Crippen molar-refractivity contribution in [2.24, 2.45) is 0 Å². The van der Waals surface area contributed by atoms with E-state index in [1.165, 1.54) is 0 Å². The van der Waals surface area contributed by atoms with E-state index in [-0.39, 0.29) is 18.1 Å². The van der Waals surface area contributed by atoms with Crippen LogP contribution in [0.15, 0.2) is 0 Å². The first kappa shape index (κ1) is 12.9. The van der Waals surface area contributed by atoms with Gasteiger partial charge in [-0.1, -0.05) is 0 Å². The topological polar surface area (TPSA) is 53.6 Å². The van der Waals surface area contributed by atoms with E-state index < -0.39 is 0 Å². The maximum Gasteiger partial charge on any atom is 0.353 e. The smallest absolute Gasteiger partial charge is 0.268 e. The van der Waals surface area contributed by atoms with Crippen molar-refractivity contribution in [2.75, 3.05) is 0 Å². The lowest BCUT2D eigenvalue weighted by atomic mass is 10.3. The van der Waals surface area contributed by atoms with Crippen molar-refractivity contribution in [3.8, 4) is 0 Å². The summed E-state index contributed by atoms with van der Waals surface area (Å²) in [5, 5.41) is 1.84. The van der Waals surface area contributed by atoms with E-state index in [2.05, 4.69) is 14.1 Å². The van der Waals surface area contributed by atoms with Gasteiger partial charge in [-0.3, -0.25) is 5.43 Å². The first-order chi connectivity index (χ1) is 5.99. The predicted octanol–water partition coefficient (Wildman–Crippen LogP) is 1.60. The van der Waals surface area contributed by atoms with Gasteiger partial charge in [-0.25, -0.2) is 18.5 Å². The Morgan fingerprint density at radius 3 is 2.08 bits per heavy atom. The van der Waals surface area contributed by atoms with Crippen molar-refractivity contribution in [3.63, 3.8) is 0 Å². The molecule has 6 heteroatoms. The molecule has 0 fully saturated rings. The van der Waals surface area contributed by atoms with Crippen LogP contribution in [0.3, 0.4) is 0 Å². The van der Waals surface area contributed by atoms with Crippen LogP contribution in [0.1, 0.15) is 27.7 Å².